The maximum Gasteiger partial charge on any atom is 0.118 e. The minimum Gasteiger partial charge on any atom is -0.508 e. The fraction of sp³-hybridized carbons (Fsp3) is 0.300. The van der Waals surface area contributed by atoms with Gasteiger partial charge in [-0.15, -0.1) is 0 Å². The molecule has 0 bridgehead atoms. The SMILES string of the molecule is [CH2-][NH2+]CCc1ccc(O)c(C)c1. The molecule has 12 heavy (non-hydrogen) atoms. The third-order valence-electron chi connectivity index (χ3n) is 1.90. The number of nitrogens with two attached hydrogens (primary N) is 1. The number of quaternary nitrogens is 1. The van der Waals surface area contributed by atoms with E-state index in [4.69, 9.17) is 0 Å². The van der Waals surface area contributed by atoms with Crippen LogP contribution in [0.3, 0.4) is 0 Å². The second kappa shape index (κ2) is 4.12. The highest BCUT2D eigenvalue weighted by atomic mass is 16.3. The molecule has 0 amide bonds. The number of aryl methyl sites for hydroxylation is 1. The van der Waals surface area contributed by atoms with Crippen LogP contribution in [0.2, 0.25) is 0 Å². The predicted octanol–water partition coefficient (Wildman–Crippen LogP) is 0.598. The van der Waals surface area contributed by atoms with Crippen LogP contribution in [0.25, 0.3) is 0 Å². The molecule has 0 aliphatic carbocycles. The second-order valence-electron chi connectivity index (χ2n) is 2.95. The largest absolute Gasteiger partial charge is 0.508 e. The van der Waals surface area contributed by atoms with Crippen LogP contribution in [0.15, 0.2) is 18.2 Å². The van der Waals surface area contributed by atoms with E-state index in [1.165, 1.54) is 5.56 Å². The summed E-state index contributed by atoms with van der Waals surface area (Å²) in [5.41, 5.74) is 2.20. The van der Waals surface area contributed by atoms with Crippen molar-refractivity contribution >= 4 is 0 Å². The lowest BCUT2D eigenvalue weighted by atomic mass is 10.1. The van der Waals surface area contributed by atoms with Crippen molar-refractivity contribution in [2.24, 2.45) is 0 Å². The topological polar surface area (TPSA) is 36.8 Å². The van der Waals surface area contributed by atoms with Gasteiger partial charge in [-0.05, 0) is 24.1 Å². The summed E-state index contributed by atoms with van der Waals surface area (Å²) in [6.07, 6.45) is 1.00. The monoisotopic (exact) mass is 165 g/mol. The highest BCUT2D eigenvalue weighted by Gasteiger charge is 1.97. The van der Waals surface area contributed by atoms with Gasteiger partial charge in [0.15, 0.2) is 0 Å². The summed E-state index contributed by atoms with van der Waals surface area (Å²) in [4.78, 5) is 0. The van der Waals surface area contributed by atoms with Gasteiger partial charge in [0.1, 0.15) is 5.75 Å². The van der Waals surface area contributed by atoms with Crippen molar-refractivity contribution < 1.29 is 10.4 Å². The van der Waals surface area contributed by atoms with E-state index in [9.17, 15) is 5.11 Å². The van der Waals surface area contributed by atoms with E-state index < -0.39 is 0 Å². The Morgan fingerprint density at radius 1 is 1.50 bits per heavy atom. The minimum atomic E-state index is 0.373. The van der Waals surface area contributed by atoms with Crippen molar-refractivity contribution in [3.05, 3.63) is 36.4 Å². The zero-order chi connectivity index (χ0) is 8.97. The molecule has 2 nitrogen and oxygen atoms in total. The third-order valence-corrected chi connectivity index (χ3v) is 1.90. The summed E-state index contributed by atoms with van der Waals surface area (Å²) < 4.78 is 0. The molecule has 1 rings (SSSR count). The molecule has 0 aliphatic heterocycles. The lowest BCUT2D eigenvalue weighted by Crippen LogP contribution is -2.77. The van der Waals surface area contributed by atoms with E-state index in [0.717, 1.165) is 18.5 Å². The summed E-state index contributed by atoms with van der Waals surface area (Å²) in [6.45, 7) is 2.90. The first-order valence-electron chi connectivity index (χ1n) is 4.13. The number of hydrogen-bond donors (Lipinski definition) is 2. The van der Waals surface area contributed by atoms with Crippen molar-refractivity contribution in [2.45, 2.75) is 13.3 Å². The molecule has 0 heterocycles. The Kier molecular flexibility index (Phi) is 3.11. The molecule has 0 fully saturated rings. The lowest BCUT2D eigenvalue weighted by Gasteiger charge is -2.03. The van der Waals surface area contributed by atoms with E-state index in [2.05, 4.69) is 7.05 Å². The summed E-state index contributed by atoms with van der Waals surface area (Å²) in [6, 6.07) is 5.71. The summed E-state index contributed by atoms with van der Waals surface area (Å²) in [5.74, 6) is 0.373. The normalized spacial score (nSPS) is 10.2. The lowest BCUT2D eigenvalue weighted by molar-refractivity contribution is -0.594. The molecule has 0 unspecified atom stereocenters. The Morgan fingerprint density at radius 3 is 2.83 bits per heavy atom. The molecular formula is C10H15NO. The zero-order valence-corrected chi connectivity index (χ0v) is 7.38. The first kappa shape index (κ1) is 9.07. The molecule has 1 aromatic carbocycles. The zero-order valence-electron chi connectivity index (χ0n) is 7.38. The summed E-state index contributed by atoms with van der Waals surface area (Å²) in [7, 11) is 3.67. The Labute approximate surface area is 73.2 Å². The Bertz CT molecular complexity index is 258. The fourth-order valence-electron chi connectivity index (χ4n) is 1.14. The van der Waals surface area contributed by atoms with Gasteiger partial charge in [-0.3, -0.25) is 0 Å². The Balaban J connectivity index is 2.69. The Hall–Kier alpha value is -1.02. The van der Waals surface area contributed by atoms with Gasteiger partial charge in [-0.2, -0.15) is 7.05 Å². The third kappa shape index (κ3) is 2.24. The Morgan fingerprint density at radius 2 is 2.25 bits per heavy atom. The molecule has 66 valence electrons. The van der Waals surface area contributed by atoms with Gasteiger partial charge in [0, 0.05) is 6.42 Å². The molecule has 0 saturated carbocycles. The van der Waals surface area contributed by atoms with Gasteiger partial charge in [-0.25, -0.2) is 0 Å². The van der Waals surface area contributed by atoms with Gasteiger partial charge in [0.2, 0.25) is 0 Å². The van der Waals surface area contributed by atoms with Crippen molar-refractivity contribution in [3.8, 4) is 5.75 Å². The van der Waals surface area contributed by atoms with E-state index in [1.54, 1.807) is 6.07 Å². The molecule has 0 saturated heterocycles. The van der Waals surface area contributed by atoms with Crippen LogP contribution in [-0.2, 0) is 6.42 Å². The summed E-state index contributed by atoms with van der Waals surface area (Å²) >= 11 is 0. The molecule has 3 N–H and O–H groups in total. The van der Waals surface area contributed by atoms with Gasteiger partial charge in [0.05, 0.1) is 6.54 Å². The van der Waals surface area contributed by atoms with Crippen LogP contribution in [0.1, 0.15) is 11.1 Å². The first-order chi connectivity index (χ1) is 5.74. The molecule has 0 spiro atoms. The molecule has 2 heteroatoms. The standard InChI is InChI=1S/C10H15NO/c1-8-7-9(5-6-11-2)3-4-10(8)12/h3-4,7,12H,2,5-6,11H2,1H3. The molecule has 0 radical (unpaired) electrons. The maximum absolute atomic E-state index is 9.25. The highest BCUT2D eigenvalue weighted by Crippen LogP contribution is 2.16. The quantitative estimate of drug-likeness (QED) is 0.632. The number of hydrogen-bond acceptors (Lipinski definition) is 1. The maximum atomic E-state index is 9.25. The number of aromatic hydroxyl groups is 1. The fourth-order valence-corrected chi connectivity index (χ4v) is 1.14. The van der Waals surface area contributed by atoms with Crippen LogP contribution >= 0.6 is 0 Å². The molecule has 0 aliphatic rings. The number of benzene rings is 1. The summed E-state index contributed by atoms with van der Waals surface area (Å²) in [5, 5.41) is 11.2. The number of rotatable bonds is 3. The van der Waals surface area contributed by atoms with Gasteiger partial charge < -0.3 is 10.4 Å². The van der Waals surface area contributed by atoms with Crippen LogP contribution in [0.5, 0.6) is 5.75 Å². The molecule has 0 atom stereocenters. The smallest absolute Gasteiger partial charge is 0.118 e. The van der Waals surface area contributed by atoms with E-state index in [1.807, 2.05) is 24.4 Å². The van der Waals surface area contributed by atoms with Crippen molar-refractivity contribution in [1.29, 1.82) is 0 Å². The number of phenolic OH excluding ortho intramolecular Hbond substituents is 1. The average molecular weight is 165 g/mol. The van der Waals surface area contributed by atoms with Gasteiger partial charge >= 0.3 is 0 Å². The predicted molar refractivity (Wildman–Crippen MR) is 48.7 cm³/mol. The van der Waals surface area contributed by atoms with Crippen LogP contribution in [-0.4, -0.2) is 11.7 Å². The van der Waals surface area contributed by atoms with Crippen LogP contribution in [0, 0.1) is 14.0 Å². The number of phenols is 1. The van der Waals surface area contributed by atoms with Crippen molar-refractivity contribution in [1.82, 2.24) is 0 Å². The van der Waals surface area contributed by atoms with E-state index >= 15 is 0 Å². The minimum absolute atomic E-state index is 0.373. The highest BCUT2D eigenvalue weighted by molar-refractivity contribution is 5.34. The second-order valence-corrected chi connectivity index (χ2v) is 2.95. The van der Waals surface area contributed by atoms with E-state index in [-0.39, 0.29) is 0 Å². The average Bonchev–Trinajstić information content (AvgIpc) is 2.07. The van der Waals surface area contributed by atoms with Crippen molar-refractivity contribution in [2.75, 3.05) is 6.54 Å². The first-order valence-corrected chi connectivity index (χ1v) is 4.13. The van der Waals surface area contributed by atoms with Gasteiger partial charge in [0.25, 0.3) is 0 Å². The van der Waals surface area contributed by atoms with Gasteiger partial charge in [-0.1, -0.05) is 12.1 Å². The van der Waals surface area contributed by atoms with Crippen LogP contribution < -0.4 is 5.32 Å². The molecule has 0 aromatic heterocycles. The molecular weight excluding hydrogens is 150 g/mol. The van der Waals surface area contributed by atoms with Crippen LogP contribution in [0.4, 0.5) is 0 Å². The molecule has 1 aromatic rings. The van der Waals surface area contributed by atoms with Crippen molar-refractivity contribution in [3.63, 3.8) is 0 Å². The van der Waals surface area contributed by atoms with E-state index in [0.29, 0.717) is 5.75 Å².